The SMILES string of the molecule is CCCC(C)C(O)C1CCCCCCC1. The van der Waals surface area contributed by atoms with E-state index < -0.39 is 0 Å². The summed E-state index contributed by atoms with van der Waals surface area (Å²) in [6.45, 7) is 4.42. The molecule has 0 aromatic heterocycles. The van der Waals surface area contributed by atoms with Crippen molar-refractivity contribution in [3.05, 3.63) is 0 Å². The molecule has 0 spiro atoms. The Balaban J connectivity index is 2.37. The van der Waals surface area contributed by atoms with Crippen molar-refractivity contribution >= 4 is 0 Å². The minimum atomic E-state index is -0.0388. The van der Waals surface area contributed by atoms with Crippen molar-refractivity contribution in [1.29, 1.82) is 0 Å². The molecule has 0 heterocycles. The molecule has 2 unspecified atom stereocenters. The first kappa shape index (κ1) is 13.0. The number of hydrogen-bond acceptors (Lipinski definition) is 1. The molecule has 2 atom stereocenters. The lowest BCUT2D eigenvalue weighted by molar-refractivity contribution is 0.0413. The van der Waals surface area contributed by atoms with Crippen LogP contribution in [0.4, 0.5) is 0 Å². The average molecular weight is 212 g/mol. The zero-order chi connectivity index (χ0) is 11.1. The van der Waals surface area contributed by atoms with Gasteiger partial charge in [-0.2, -0.15) is 0 Å². The summed E-state index contributed by atoms with van der Waals surface area (Å²) < 4.78 is 0. The summed E-state index contributed by atoms with van der Waals surface area (Å²) in [6.07, 6.45) is 11.7. The summed E-state index contributed by atoms with van der Waals surface area (Å²) >= 11 is 0. The van der Waals surface area contributed by atoms with E-state index in [0.29, 0.717) is 11.8 Å². The normalized spacial score (nSPS) is 24.2. The quantitative estimate of drug-likeness (QED) is 0.742. The van der Waals surface area contributed by atoms with Crippen molar-refractivity contribution in [3.8, 4) is 0 Å². The molecule has 0 aromatic rings. The van der Waals surface area contributed by atoms with Gasteiger partial charge in [-0.25, -0.2) is 0 Å². The number of aliphatic hydroxyl groups is 1. The third-order valence-corrected chi connectivity index (χ3v) is 3.96. The van der Waals surface area contributed by atoms with Gasteiger partial charge in [0.1, 0.15) is 0 Å². The smallest absolute Gasteiger partial charge is 0.0593 e. The third-order valence-electron chi connectivity index (χ3n) is 3.96. The second-order valence-corrected chi connectivity index (χ2v) is 5.36. The maximum atomic E-state index is 10.3. The summed E-state index contributed by atoms with van der Waals surface area (Å²) in [6, 6.07) is 0. The second-order valence-electron chi connectivity index (χ2n) is 5.36. The topological polar surface area (TPSA) is 20.2 Å². The lowest BCUT2D eigenvalue weighted by Gasteiger charge is -2.29. The number of hydrogen-bond donors (Lipinski definition) is 1. The molecule has 0 aromatic carbocycles. The van der Waals surface area contributed by atoms with E-state index in [-0.39, 0.29) is 6.10 Å². The van der Waals surface area contributed by atoms with Crippen LogP contribution >= 0.6 is 0 Å². The van der Waals surface area contributed by atoms with Crippen LogP contribution in [0.1, 0.15) is 71.6 Å². The lowest BCUT2D eigenvalue weighted by Crippen LogP contribution is -2.28. The molecule has 0 aliphatic heterocycles. The fourth-order valence-electron chi connectivity index (χ4n) is 2.92. The van der Waals surface area contributed by atoms with E-state index in [2.05, 4.69) is 13.8 Å². The highest BCUT2D eigenvalue weighted by Gasteiger charge is 2.24. The van der Waals surface area contributed by atoms with Gasteiger partial charge in [0.15, 0.2) is 0 Å². The zero-order valence-corrected chi connectivity index (χ0v) is 10.5. The molecule has 0 amide bonds. The van der Waals surface area contributed by atoms with E-state index in [1.165, 1.54) is 57.8 Å². The van der Waals surface area contributed by atoms with Gasteiger partial charge in [0.05, 0.1) is 6.10 Å². The van der Waals surface area contributed by atoms with Gasteiger partial charge in [-0.15, -0.1) is 0 Å². The van der Waals surface area contributed by atoms with Crippen LogP contribution in [0.15, 0.2) is 0 Å². The molecule has 0 saturated heterocycles. The van der Waals surface area contributed by atoms with Crippen LogP contribution in [-0.4, -0.2) is 11.2 Å². The monoisotopic (exact) mass is 212 g/mol. The van der Waals surface area contributed by atoms with Crippen LogP contribution < -0.4 is 0 Å². The van der Waals surface area contributed by atoms with Crippen molar-refractivity contribution in [3.63, 3.8) is 0 Å². The molecule has 1 nitrogen and oxygen atoms in total. The number of aliphatic hydroxyl groups excluding tert-OH is 1. The van der Waals surface area contributed by atoms with E-state index in [0.717, 1.165) is 0 Å². The highest BCUT2D eigenvalue weighted by molar-refractivity contribution is 4.75. The maximum Gasteiger partial charge on any atom is 0.0593 e. The van der Waals surface area contributed by atoms with E-state index in [4.69, 9.17) is 0 Å². The Morgan fingerprint density at radius 2 is 1.60 bits per heavy atom. The van der Waals surface area contributed by atoms with Gasteiger partial charge in [0, 0.05) is 0 Å². The first-order chi connectivity index (χ1) is 7.25. The summed E-state index contributed by atoms with van der Waals surface area (Å²) in [5.41, 5.74) is 0. The van der Waals surface area contributed by atoms with Crippen molar-refractivity contribution in [2.45, 2.75) is 77.7 Å². The molecule has 1 N–H and O–H groups in total. The Bertz CT molecular complexity index is 147. The molecule has 1 aliphatic carbocycles. The molecule has 1 rings (SSSR count). The highest BCUT2D eigenvalue weighted by atomic mass is 16.3. The van der Waals surface area contributed by atoms with E-state index in [1.54, 1.807) is 0 Å². The van der Waals surface area contributed by atoms with Crippen molar-refractivity contribution < 1.29 is 5.11 Å². The van der Waals surface area contributed by atoms with E-state index in [9.17, 15) is 5.11 Å². The molecule has 0 radical (unpaired) electrons. The van der Waals surface area contributed by atoms with Crippen molar-refractivity contribution in [2.75, 3.05) is 0 Å². The van der Waals surface area contributed by atoms with Gasteiger partial charge < -0.3 is 5.11 Å². The van der Waals surface area contributed by atoms with Crippen LogP contribution in [-0.2, 0) is 0 Å². The largest absolute Gasteiger partial charge is 0.393 e. The molecule has 15 heavy (non-hydrogen) atoms. The molecule has 1 aliphatic rings. The van der Waals surface area contributed by atoms with Crippen molar-refractivity contribution in [2.24, 2.45) is 11.8 Å². The Morgan fingerprint density at radius 3 is 2.13 bits per heavy atom. The first-order valence-electron chi connectivity index (χ1n) is 6.93. The fourth-order valence-corrected chi connectivity index (χ4v) is 2.92. The highest BCUT2D eigenvalue weighted by Crippen LogP contribution is 2.29. The van der Waals surface area contributed by atoms with Gasteiger partial charge in [-0.05, 0) is 31.1 Å². The predicted octanol–water partition coefficient (Wildman–Crippen LogP) is 4.14. The van der Waals surface area contributed by atoms with Gasteiger partial charge in [-0.3, -0.25) is 0 Å². The van der Waals surface area contributed by atoms with Gasteiger partial charge in [0.2, 0.25) is 0 Å². The maximum absolute atomic E-state index is 10.3. The molecule has 1 fully saturated rings. The summed E-state index contributed by atoms with van der Waals surface area (Å²) in [5, 5.41) is 10.3. The Morgan fingerprint density at radius 1 is 1.07 bits per heavy atom. The van der Waals surface area contributed by atoms with Gasteiger partial charge >= 0.3 is 0 Å². The van der Waals surface area contributed by atoms with Gasteiger partial charge in [0.25, 0.3) is 0 Å². The van der Waals surface area contributed by atoms with Crippen LogP contribution in [0.2, 0.25) is 0 Å². The fraction of sp³-hybridized carbons (Fsp3) is 1.00. The second kappa shape index (κ2) is 7.27. The number of rotatable bonds is 4. The summed E-state index contributed by atoms with van der Waals surface area (Å²) in [5.74, 6) is 1.09. The molecule has 1 heteroatoms. The molecule has 90 valence electrons. The van der Waals surface area contributed by atoms with Gasteiger partial charge in [-0.1, -0.05) is 52.4 Å². The van der Waals surface area contributed by atoms with Crippen LogP contribution in [0.5, 0.6) is 0 Å². The van der Waals surface area contributed by atoms with Crippen LogP contribution in [0.25, 0.3) is 0 Å². The molecular weight excluding hydrogens is 184 g/mol. The Hall–Kier alpha value is -0.0400. The third kappa shape index (κ3) is 4.55. The van der Waals surface area contributed by atoms with E-state index in [1.807, 2.05) is 0 Å². The average Bonchev–Trinajstić information content (AvgIpc) is 2.16. The summed E-state index contributed by atoms with van der Waals surface area (Å²) in [7, 11) is 0. The zero-order valence-electron chi connectivity index (χ0n) is 10.5. The van der Waals surface area contributed by atoms with Crippen LogP contribution in [0.3, 0.4) is 0 Å². The molecular formula is C14H28O. The Kier molecular flexibility index (Phi) is 6.31. The van der Waals surface area contributed by atoms with Crippen LogP contribution in [0, 0.1) is 11.8 Å². The minimum Gasteiger partial charge on any atom is -0.393 e. The Labute approximate surface area is 95.3 Å². The molecule has 0 bridgehead atoms. The standard InChI is InChI=1S/C14H28O/c1-3-9-12(2)14(15)13-10-7-5-4-6-8-11-13/h12-15H,3-11H2,1-2H3. The lowest BCUT2D eigenvalue weighted by atomic mass is 9.81. The summed E-state index contributed by atoms with van der Waals surface area (Å²) in [4.78, 5) is 0. The first-order valence-corrected chi connectivity index (χ1v) is 6.93. The van der Waals surface area contributed by atoms with Crippen molar-refractivity contribution in [1.82, 2.24) is 0 Å². The predicted molar refractivity (Wildman–Crippen MR) is 65.9 cm³/mol. The minimum absolute atomic E-state index is 0.0388. The molecule has 1 saturated carbocycles. The van der Waals surface area contributed by atoms with E-state index >= 15 is 0 Å².